The molecule has 1 rings (SSSR count). The van der Waals surface area contributed by atoms with Crippen LogP contribution in [0.15, 0.2) is 0 Å². The Kier molecular flexibility index (Phi) is 4.55. The minimum absolute atomic E-state index is 0.00162. The van der Waals surface area contributed by atoms with E-state index in [4.69, 9.17) is 5.11 Å². The lowest BCUT2D eigenvalue weighted by Gasteiger charge is -2.27. The van der Waals surface area contributed by atoms with Crippen molar-refractivity contribution in [1.29, 1.82) is 0 Å². The molecule has 0 aromatic rings. The summed E-state index contributed by atoms with van der Waals surface area (Å²) in [6.07, 6.45) is 1.74. The monoisotopic (exact) mass is 214 g/mol. The summed E-state index contributed by atoms with van der Waals surface area (Å²) < 4.78 is 0. The number of piperidine rings is 1. The Hall–Kier alpha value is -1.10. The van der Waals surface area contributed by atoms with E-state index < -0.39 is 5.97 Å². The Bertz CT molecular complexity index is 235. The van der Waals surface area contributed by atoms with E-state index in [9.17, 15) is 9.59 Å². The van der Waals surface area contributed by atoms with Gasteiger partial charge >= 0.3 is 5.97 Å². The number of hydrogen-bond donors (Lipinski definition) is 2. The van der Waals surface area contributed by atoms with E-state index in [0.717, 1.165) is 25.9 Å². The van der Waals surface area contributed by atoms with Gasteiger partial charge in [-0.25, -0.2) is 0 Å². The van der Waals surface area contributed by atoms with Gasteiger partial charge in [0.25, 0.3) is 0 Å². The van der Waals surface area contributed by atoms with Gasteiger partial charge in [-0.15, -0.1) is 0 Å². The highest BCUT2D eigenvalue weighted by Crippen LogP contribution is 2.15. The zero-order valence-corrected chi connectivity index (χ0v) is 9.03. The summed E-state index contributed by atoms with van der Waals surface area (Å²) >= 11 is 0. The summed E-state index contributed by atoms with van der Waals surface area (Å²) in [5.41, 5.74) is 0. The number of likely N-dealkylation sites (tertiary alicyclic amines) is 1. The van der Waals surface area contributed by atoms with Crippen LogP contribution >= 0.6 is 0 Å². The normalized spacial score (nSPS) is 18.7. The Labute approximate surface area is 89.4 Å². The van der Waals surface area contributed by atoms with Gasteiger partial charge in [-0.3, -0.25) is 9.59 Å². The molecular formula is C10H18N2O3. The van der Waals surface area contributed by atoms with Gasteiger partial charge < -0.3 is 15.3 Å². The molecule has 0 aliphatic carbocycles. The van der Waals surface area contributed by atoms with E-state index in [-0.39, 0.29) is 24.8 Å². The summed E-state index contributed by atoms with van der Waals surface area (Å²) in [4.78, 5) is 24.0. The number of carboxylic acid groups (broad SMARTS) is 1. The molecule has 1 fully saturated rings. The first-order valence-electron chi connectivity index (χ1n) is 5.27. The molecule has 0 aromatic heterocycles. The number of nitrogens with one attached hydrogen (secondary N) is 1. The number of nitrogens with zero attached hydrogens (tertiary/aromatic N) is 1. The topological polar surface area (TPSA) is 69.6 Å². The van der Waals surface area contributed by atoms with E-state index in [1.54, 1.807) is 0 Å². The molecule has 1 aliphatic rings. The van der Waals surface area contributed by atoms with Crippen molar-refractivity contribution in [2.45, 2.75) is 19.3 Å². The molecule has 0 unspecified atom stereocenters. The summed E-state index contributed by atoms with van der Waals surface area (Å²) in [7, 11) is 2.04. The molecular weight excluding hydrogens is 196 g/mol. The maximum Gasteiger partial charge on any atom is 0.305 e. The van der Waals surface area contributed by atoms with Gasteiger partial charge in [0.1, 0.15) is 0 Å². The van der Waals surface area contributed by atoms with Crippen molar-refractivity contribution >= 4 is 11.9 Å². The zero-order chi connectivity index (χ0) is 11.3. The van der Waals surface area contributed by atoms with Gasteiger partial charge in [0.15, 0.2) is 0 Å². The van der Waals surface area contributed by atoms with Crippen molar-refractivity contribution in [2.75, 3.05) is 26.7 Å². The Balaban J connectivity index is 2.19. The second-order valence-electron chi connectivity index (χ2n) is 4.01. The fraction of sp³-hybridized carbons (Fsp3) is 0.800. The van der Waals surface area contributed by atoms with Crippen LogP contribution < -0.4 is 5.32 Å². The first-order chi connectivity index (χ1) is 7.09. The SMILES string of the molecule is CN1CCC(C(=O)NCCC(=O)O)CC1. The molecule has 0 aromatic carbocycles. The number of amides is 1. The number of hydrogen-bond acceptors (Lipinski definition) is 3. The first kappa shape index (κ1) is 12.0. The fourth-order valence-electron chi connectivity index (χ4n) is 1.71. The Morgan fingerprint density at radius 1 is 1.40 bits per heavy atom. The van der Waals surface area contributed by atoms with Gasteiger partial charge in [-0.05, 0) is 33.0 Å². The van der Waals surface area contributed by atoms with Crippen LogP contribution in [0.4, 0.5) is 0 Å². The summed E-state index contributed by atoms with van der Waals surface area (Å²) in [5, 5.41) is 11.1. The third-order valence-electron chi connectivity index (χ3n) is 2.73. The van der Waals surface area contributed by atoms with E-state index >= 15 is 0 Å². The third kappa shape index (κ3) is 4.29. The molecule has 5 heteroatoms. The van der Waals surface area contributed by atoms with Crippen LogP contribution in [0.5, 0.6) is 0 Å². The average Bonchev–Trinajstić information content (AvgIpc) is 2.18. The predicted molar refractivity (Wildman–Crippen MR) is 55.5 cm³/mol. The molecule has 0 radical (unpaired) electrons. The van der Waals surface area contributed by atoms with Gasteiger partial charge in [0, 0.05) is 12.5 Å². The maximum absolute atomic E-state index is 11.6. The van der Waals surface area contributed by atoms with Crippen LogP contribution in [0.3, 0.4) is 0 Å². The second kappa shape index (κ2) is 5.70. The summed E-state index contributed by atoms with van der Waals surface area (Å²) in [5.74, 6) is -0.807. The molecule has 1 amide bonds. The number of rotatable bonds is 4. The van der Waals surface area contributed by atoms with E-state index in [2.05, 4.69) is 10.2 Å². The number of aliphatic carboxylic acids is 1. The lowest BCUT2D eigenvalue weighted by Crippen LogP contribution is -2.39. The van der Waals surface area contributed by atoms with Crippen molar-refractivity contribution in [3.63, 3.8) is 0 Å². The zero-order valence-electron chi connectivity index (χ0n) is 9.03. The Morgan fingerprint density at radius 3 is 2.53 bits per heavy atom. The Morgan fingerprint density at radius 2 is 2.00 bits per heavy atom. The van der Waals surface area contributed by atoms with Gasteiger partial charge in [-0.1, -0.05) is 0 Å². The van der Waals surface area contributed by atoms with Crippen LogP contribution in [-0.4, -0.2) is 48.6 Å². The number of carboxylic acids is 1. The van der Waals surface area contributed by atoms with Crippen molar-refractivity contribution in [3.8, 4) is 0 Å². The van der Waals surface area contributed by atoms with Crippen LogP contribution in [0.1, 0.15) is 19.3 Å². The van der Waals surface area contributed by atoms with Crippen molar-refractivity contribution in [1.82, 2.24) is 10.2 Å². The molecule has 0 saturated carbocycles. The minimum atomic E-state index is -0.876. The molecule has 2 N–H and O–H groups in total. The van der Waals surface area contributed by atoms with Crippen molar-refractivity contribution in [3.05, 3.63) is 0 Å². The van der Waals surface area contributed by atoms with Crippen LogP contribution in [0.2, 0.25) is 0 Å². The largest absolute Gasteiger partial charge is 0.481 e. The molecule has 0 bridgehead atoms. The lowest BCUT2D eigenvalue weighted by molar-refractivity contribution is -0.137. The number of carbonyl (C=O) groups excluding carboxylic acids is 1. The van der Waals surface area contributed by atoms with Crippen LogP contribution in [0, 0.1) is 5.92 Å². The molecule has 15 heavy (non-hydrogen) atoms. The molecule has 0 atom stereocenters. The summed E-state index contributed by atoms with van der Waals surface area (Å²) in [6, 6.07) is 0. The lowest BCUT2D eigenvalue weighted by atomic mass is 9.96. The van der Waals surface area contributed by atoms with Gasteiger partial charge in [-0.2, -0.15) is 0 Å². The summed E-state index contributed by atoms with van der Waals surface area (Å²) in [6.45, 7) is 2.12. The maximum atomic E-state index is 11.6. The quantitative estimate of drug-likeness (QED) is 0.686. The van der Waals surface area contributed by atoms with Crippen LogP contribution in [0.25, 0.3) is 0 Å². The highest BCUT2D eigenvalue weighted by Gasteiger charge is 2.22. The van der Waals surface area contributed by atoms with Crippen molar-refractivity contribution in [2.24, 2.45) is 5.92 Å². The van der Waals surface area contributed by atoms with E-state index in [1.807, 2.05) is 7.05 Å². The first-order valence-corrected chi connectivity index (χ1v) is 5.27. The molecule has 0 spiro atoms. The minimum Gasteiger partial charge on any atom is -0.481 e. The molecule has 1 heterocycles. The standard InChI is InChI=1S/C10H18N2O3/c1-12-6-3-8(4-7-12)10(15)11-5-2-9(13)14/h8H,2-7H2,1H3,(H,11,15)(H,13,14). The molecule has 86 valence electrons. The highest BCUT2D eigenvalue weighted by molar-refractivity contribution is 5.79. The van der Waals surface area contributed by atoms with E-state index in [1.165, 1.54) is 0 Å². The molecule has 5 nitrogen and oxygen atoms in total. The van der Waals surface area contributed by atoms with Crippen LogP contribution in [-0.2, 0) is 9.59 Å². The fourth-order valence-corrected chi connectivity index (χ4v) is 1.71. The number of carbonyl (C=O) groups is 2. The van der Waals surface area contributed by atoms with Gasteiger partial charge in [0.05, 0.1) is 6.42 Å². The average molecular weight is 214 g/mol. The smallest absolute Gasteiger partial charge is 0.305 e. The van der Waals surface area contributed by atoms with Gasteiger partial charge in [0.2, 0.25) is 5.91 Å². The third-order valence-corrected chi connectivity index (χ3v) is 2.73. The second-order valence-corrected chi connectivity index (χ2v) is 4.01. The molecule has 1 saturated heterocycles. The predicted octanol–water partition coefficient (Wildman–Crippen LogP) is -0.0809. The van der Waals surface area contributed by atoms with Crippen molar-refractivity contribution < 1.29 is 14.7 Å². The molecule has 1 aliphatic heterocycles. The van der Waals surface area contributed by atoms with E-state index in [0.29, 0.717) is 0 Å². The highest BCUT2D eigenvalue weighted by atomic mass is 16.4.